The maximum absolute atomic E-state index is 11.0. The zero-order valence-electron chi connectivity index (χ0n) is 11.2. The van der Waals surface area contributed by atoms with E-state index in [-0.39, 0.29) is 12.5 Å². The molecule has 1 unspecified atom stereocenters. The van der Waals surface area contributed by atoms with Crippen molar-refractivity contribution in [1.29, 1.82) is 0 Å². The van der Waals surface area contributed by atoms with Gasteiger partial charge in [-0.25, -0.2) is 0 Å². The van der Waals surface area contributed by atoms with Gasteiger partial charge in [0.2, 0.25) is 5.91 Å². The van der Waals surface area contributed by atoms with E-state index < -0.39 is 6.10 Å². The van der Waals surface area contributed by atoms with Crippen LogP contribution in [-0.2, 0) is 4.79 Å². The number of carbonyl (C=O) groups excluding carboxylic acids is 1. The molecule has 1 aromatic carbocycles. The summed E-state index contributed by atoms with van der Waals surface area (Å²) in [7, 11) is 1.58. The zero-order chi connectivity index (χ0) is 15.0. The summed E-state index contributed by atoms with van der Waals surface area (Å²) in [6.45, 7) is 0.914. The number of halogens is 2. The molecule has 7 heteroatoms. The predicted molar refractivity (Wildman–Crippen MR) is 79.5 cm³/mol. The van der Waals surface area contributed by atoms with Gasteiger partial charge in [0.1, 0.15) is 18.5 Å². The summed E-state index contributed by atoms with van der Waals surface area (Å²) in [6.07, 6.45) is -0.334. The minimum absolute atomic E-state index is 0.0473. The van der Waals surface area contributed by atoms with Crippen molar-refractivity contribution in [3.8, 4) is 5.75 Å². The highest BCUT2D eigenvalue weighted by Crippen LogP contribution is 2.27. The number of hydrogen-bond acceptors (Lipinski definition) is 4. The molecule has 1 atom stereocenters. The summed E-state index contributed by atoms with van der Waals surface area (Å²) < 4.78 is 5.39. The molecule has 1 aromatic rings. The Labute approximate surface area is 128 Å². The summed E-state index contributed by atoms with van der Waals surface area (Å²) in [6, 6.07) is 4.89. The first-order valence-electron chi connectivity index (χ1n) is 6.20. The SMILES string of the molecule is CNC(=O)CCNCC(O)COc1cc(Cl)ccc1Cl. The maximum atomic E-state index is 11.0. The van der Waals surface area contributed by atoms with Crippen molar-refractivity contribution in [2.45, 2.75) is 12.5 Å². The van der Waals surface area contributed by atoms with Gasteiger partial charge in [-0.15, -0.1) is 0 Å². The molecule has 0 aliphatic rings. The molecule has 0 radical (unpaired) electrons. The van der Waals surface area contributed by atoms with Crippen LogP contribution in [0.2, 0.25) is 10.0 Å². The maximum Gasteiger partial charge on any atom is 0.221 e. The van der Waals surface area contributed by atoms with Crippen LogP contribution < -0.4 is 15.4 Å². The lowest BCUT2D eigenvalue weighted by Crippen LogP contribution is -2.33. The van der Waals surface area contributed by atoms with Crippen LogP contribution in [-0.4, -0.2) is 43.9 Å². The Balaban J connectivity index is 2.24. The summed E-state index contributed by atoms with van der Waals surface area (Å²) in [5.74, 6) is 0.387. The van der Waals surface area contributed by atoms with E-state index in [1.54, 1.807) is 25.2 Å². The third-order valence-corrected chi connectivity index (χ3v) is 3.06. The molecule has 0 aliphatic heterocycles. The van der Waals surface area contributed by atoms with E-state index >= 15 is 0 Å². The number of rotatable bonds is 8. The minimum Gasteiger partial charge on any atom is -0.489 e. The van der Waals surface area contributed by atoms with Crippen molar-refractivity contribution in [3.05, 3.63) is 28.2 Å². The van der Waals surface area contributed by atoms with Crippen LogP contribution in [0.3, 0.4) is 0 Å². The van der Waals surface area contributed by atoms with Gasteiger partial charge in [0.15, 0.2) is 0 Å². The Morgan fingerprint density at radius 3 is 2.90 bits per heavy atom. The number of nitrogens with one attached hydrogen (secondary N) is 2. The minimum atomic E-state index is -0.699. The topological polar surface area (TPSA) is 70.6 Å². The molecule has 1 amide bonds. The van der Waals surface area contributed by atoms with Gasteiger partial charge < -0.3 is 20.5 Å². The van der Waals surface area contributed by atoms with Crippen LogP contribution in [0.5, 0.6) is 5.75 Å². The number of aliphatic hydroxyl groups is 1. The van der Waals surface area contributed by atoms with Crippen LogP contribution in [0.25, 0.3) is 0 Å². The van der Waals surface area contributed by atoms with E-state index in [1.807, 2.05) is 0 Å². The first kappa shape index (κ1) is 17.0. The fraction of sp³-hybridized carbons (Fsp3) is 0.462. The highest BCUT2D eigenvalue weighted by atomic mass is 35.5. The second-order valence-electron chi connectivity index (χ2n) is 4.17. The van der Waals surface area contributed by atoms with Crippen LogP contribution >= 0.6 is 23.2 Å². The average molecular weight is 321 g/mol. The van der Waals surface area contributed by atoms with E-state index in [9.17, 15) is 9.90 Å². The molecule has 0 saturated heterocycles. The number of hydrogen-bond donors (Lipinski definition) is 3. The Bertz CT molecular complexity index is 444. The fourth-order valence-corrected chi connectivity index (χ4v) is 1.76. The fourth-order valence-electron chi connectivity index (χ4n) is 1.43. The van der Waals surface area contributed by atoms with Gasteiger partial charge in [-0.2, -0.15) is 0 Å². The van der Waals surface area contributed by atoms with Gasteiger partial charge in [0.25, 0.3) is 0 Å². The van der Waals surface area contributed by atoms with Crippen LogP contribution in [0.1, 0.15) is 6.42 Å². The molecule has 0 aromatic heterocycles. The molecule has 112 valence electrons. The lowest BCUT2D eigenvalue weighted by atomic mass is 10.3. The second kappa shape index (κ2) is 9.02. The molecule has 0 bridgehead atoms. The molecule has 20 heavy (non-hydrogen) atoms. The van der Waals surface area contributed by atoms with Crippen molar-refractivity contribution in [3.63, 3.8) is 0 Å². The first-order valence-corrected chi connectivity index (χ1v) is 6.95. The molecule has 3 N–H and O–H groups in total. The lowest BCUT2D eigenvalue weighted by Gasteiger charge is -2.14. The highest BCUT2D eigenvalue weighted by Gasteiger charge is 2.08. The zero-order valence-corrected chi connectivity index (χ0v) is 12.7. The number of benzene rings is 1. The third-order valence-electron chi connectivity index (χ3n) is 2.51. The molecular weight excluding hydrogens is 303 g/mol. The van der Waals surface area contributed by atoms with Crippen LogP contribution in [0.4, 0.5) is 0 Å². The van der Waals surface area contributed by atoms with Gasteiger partial charge >= 0.3 is 0 Å². The van der Waals surface area contributed by atoms with Crippen molar-refractivity contribution < 1.29 is 14.6 Å². The summed E-state index contributed by atoms with van der Waals surface area (Å²) in [5, 5.41) is 16.2. The number of amides is 1. The first-order chi connectivity index (χ1) is 9.52. The Hall–Kier alpha value is -1.01. The predicted octanol–water partition coefficient (Wildman–Crippen LogP) is 1.46. The summed E-state index contributed by atoms with van der Waals surface area (Å²) in [4.78, 5) is 11.0. The largest absolute Gasteiger partial charge is 0.489 e. The van der Waals surface area contributed by atoms with Gasteiger partial charge in [0, 0.05) is 37.6 Å². The van der Waals surface area contributed by atoms with Crippen molar-refractivity contribution in [2.24, 2.45) is 0 Å². The van der Waals surface area contributed by atoms with Crippen LogP contribution in [0, 0.1) is 0 Å². The molecule has 0 saturated carbocycles. The molecule has 0 aliphatic carbocycles. The van der Waals surface area contributed by atoms with E-state index in [1.165, 1.54) is 0 Å². The van der Waals surface area contributed by atoms with Crippen LogP contribution in [0.15, 0.2) is 18.2 Å². The number of ether oxygens (including phenoxy) is 1. The quantitative estimate of drug-likeness (QED) is 0.634. The monoisotopic (exact) mass is 320 g/mol. The molecule has 0 fully saturated rings. The molecule has 5 nitrogen and oxygen atoms in total. The van der Waals surface area contributed by atoms with E-state index in [0.717, 1.165) is 0 Å². The second-order valence-corrected chi connectivity index (χ2v) is 5.01. The average Bonchev–Trinajstić information content (AvgIpc) is 2.44. The van der Waals surface area contributed by atoms with Gasteiger partial charge in [-0.1, -0.05) is 23.2 Å². The molecular formula is C13H18Cl2N2O3. The molecule has 1 rings (SSSR count). The lowest BCUT2D eigenvalue weighted by molar-refractivity contribution is -0.120. The van der Waals surface area contributed by atoms with E-state index in [4.69, 9.17) is 27.9 Å². The third kappa shape index (κ3) is 6.43. The van der Waals surface area contributed by atoms with Gasteiger partial charge in [-0.05, 0) is 12.1 Å². The number of aliphatic hydroxyl groups excluding tert-OH is 1. The Kier molecular flexibility index (Phi) is 7.69. The summed E-state index contributed by atoms with van der Waals surface area (Å²) >= 11 is 11.8. The normalized spacial score (nSPS) is 12.0. The molecule has 0 spiro atoms. The van der Waals surface area contributed by atoms with Crippen molar-refractivity contribution in [2.75, 3.05) is 26.7 Å². The summed E-state index contributed by atoms with van der Waals surface area (Å²) in [5.41, 5.74) is 0. The van der Waals surface area contributed by atoms with Gasteiger partial charge in [0.05, 0.1) is 5.02 Å². The Morgan fingerprint density at radius 2 is 2.20 bits per heavy atom. The van der Waals surface area contributed by atoms with Gasteiger partial charge in [-0.3, -0.25) is 4.79 Å². The smallest absolute Gasteiger partial charge is 0.221 e. The Morgan fingerprint density at radius 1 is 1.45 bits per heavy atom. The van der Waals surface area contributed by atoms with E-state index in [0.29, 0.717) is 35.3 Å². The number of carbonyl (C=O) groups is 1. The van der Waals surface area contributed by atoms with Crippen molar-refractivity contribution >= 4 is 29.1 Å². The van der Waals surface area contributed by atoms with E-state index in [2.05, 4.69) is 10.6 Å². The standard InChI is InChI=1S/C13H18Cl2N2O3/c1-16-13(19)4-5-17-7-10(18)8-20-12-6-9(14)2-3-11(12)15/h2-3,6,10,17-18H,4-5,7-8H2,1H3,(H,16,19). The molecule has 0 heterocycles. The highest BCUT2D eigenvalue weighted by molar-refractivity contribution is 6.34. The van der Waals surface area contributed by atoms with Crippen molar-refractivity contribution in [1.82, 2.24) is 10.6 Å².